The van der Waals surface area contributed by atoms with Crippen LogP contribution in [0.3, 0.4) is 0 Å². The van der Waals surface area contributed by atoms with Crippen molar-refractivity contribution in [1.82, 2.24) is 4.57 Å². The zero-order valence-electron chi connectivity index (χ0n) is 13.8. The van der Waals surface area contributed by atoms with E-state index in [1.165, 1.54) is 24.4 Å². The highest BCUT2D eigenvalue weighted by molar-refractivity contribution is 6.35. The summed E-state index contributed by atoms with van der Waals surface area (Å²) in [5.74, 6) is -0.396. The summed E-state index contributed by atoms with van der Waals surface area (Å²) in [6.07, 6.45) is 1.52. The first-order chi connectivity index (χ1) is 12.5. The topological polar surface area (TPSA) is 60.3 Å². The average molecular weight is 373 g/mol. The molecule has 0 radical (unpaired) electrons. The number of aryl methyl sites for hydroxylation is 1. The van der Waals surface area contributed by atoms with Crippen LogP contribution in [-0.4, -0.2) is 17.1 Å². The predicted molar refractivity (Wildman–Crippen MR) is 97.8 cm³/mol. The Bertz CT molecular complexity index is 1120. The Kier molecular flexibility index (Phi) is 3.92. The number of pyridine rings is 1. The molecule has 2 heterocycles. The van der Waals surface area contributed by atoms with Crippen LogP contribution in [0.25, 0.3) is 10.9 Å². The highest BCUT2D eigenvalue weighted by Crippen LogP contribution is 2.32. The highest BCUT2D eigenvalue weighted by Gasteiger charge is 2.22. The zero-order valence-corrected chi connectivity index (χ0v) is 14.6. The molecule has 0 unspecified atom stereocenters. The molecule has 0 saturated heterocycles. The molecule has 1 aromatic heterocycles. The molecule has 4 rings (SSSR count). The summed E-state index contributed by atoms with van der Waals surface area (Å²) in [7, 11) is 0. The van der Waals surface area contributed by atoms with Crippen molar-refractivity contribution in [3.05, 3.63) is 68.7 Å². The molecule has 0 saturated carbocycles. The van der Waals surface area contributed by atoms with E-state index >= 15 is 0 Å². The second-order valence-corrected chi connectivity index (χ2v) is 6.50. The first-order valence-electron chi connectivity index (χ1n) is 8.01. The minimum atomic E-state index is -0.566. The molecule has 5 nitrogen and oxygen atoms in total. The van der Waals surface area contributed by atoms with Crippen LogP contribution >= 0.6 is 11.6 Å². The molecule has 1 aliphatic rings. The fraction of sp³-hybridized carbons (Fsp3) is 0.158. The number of carbonyl (C=O) groups excluding carboxylic acids is 1. The van der Waals surface area contributed by atoms with Crippen LogP contribution in [0.2, 0.25) is 5.02 Å². The summed E-state index contributed by atoms with van der Waals surface area (Å²) >= 11 is 6.22. The van der Waals surface area contributed by atoms with E-state index in [9.17, 15) is 14.0 Å². The van der Waals surface area contributed by atoms with Gasteiger partial charge in [0.1, 0.15) is 23.7 Å². The van der Waals surface area contributed by atoms with Gasteiger partial charge in [0.2, 0.25) is 5.43 Å². The fourth-order valence-corrected chi connectivity index (χ4v) is 3.37. The molecule has 0 atom stereocenters. The van der Waals surface area contributed by atoms with Gasteiger partial charge in [0.25, 0.3) is 5.91 Å². The first kappa shape index (κ1) is 16.6. The van der Waals surface area contributed by atoms with Gasteiger partial charge in [0, 0.05) is 11.9 Å². The van der Waals surface area contributed by atoms with E-state index in [0.717, 1.165) is 0 Å². The van der Waals surface area contributed by atoms with E-state index in [2.05, 4.69) is 5.32 Å². The van der Waals surface area contributed by atoms with E-state index in [1.54, 1.807) is 23.6 Å². The maximum Gasteiger partial charge on any atom is 0.261 e. The van der Waals surface area contributed by atoms with Gasteiger partial charge in [0.15, 0.2) is 0 Å². The van der Waals surface area contributed by atoms with Crippen LogP contribution in [0.5, 0.6) is 5.75 Å². The number of amides is 1. The lowest BCUT2D eigenvalue weighted by Crippen LogP contribution is -2.27. The molecule has 1 aliphatic heterocycles. The van der Waals surface area contributed by atoms with E-state index in [0.29, 0.717) is 35.7 Å². The van der Waals surface area contributed by atoms with E-state index in [1.807, 2.05) is 0 Å². The molecular weight excluding hydrogens is 359 g/mol. The minimum Gasteiger partial charge on any atom is -0.490 e. The van der Waals surface area contributed by atoms with Gasteiger partial charge < -0.3 is 14.6 Å². The van der Waals surface area contributed by atoms with Gasteiger partial charge in [-0.1, -0.05) is 11.6 Å². The predicted octanol–water partition coefficient (Wildman–Crippen LogP) is 3.75. The van der Waals surface area contributed by atoms with Gasteiger partial charge in [-0.05, 0) is 42.8 Å². The Labute approximate surface area is 153 Å². The lowest BCUT2D eigenvalue weighted by molar-refractivity contribution is 0.102. The van der Waals surface area contributed by atoms with Crippen molar-refractivity contribution >= 4 is 34.1 Å². The smallest absolute Gasteiger partial charge is 0.261 e. The number of nitrogens with zero attached hydrogens (tertiary/aromatic N) is 1. The quantitative estimate of drug-likeness (QED) is 0.745. The number of benzene rings is 2. The summed E-state index contributed by atoms with van der Waals surface area (Å²) in [5, 5.41) is 3.19. The van der Waals surface area contributed by atoms with Crippen LogP contribution < -0.4 is 15.5 Å². The van der Waals surface area contributed by atoms with E-state index in [4.69, 9.17) is 16.3 Å². The SMILES string of the molecule is Cc1cc(F)ccc1NC(=O)c1cn2c3c(ccc(Cl)c3c1=O)OCC2. The van der Waals surface area contributed by atoms with Crippen LogP contribution in [0.15, 0.2) is 41.3 Å². The second kappa shape index (κ2) is 6.14. The molecule has 2 aromatic carbocycles. The van der Waals surface area contributed by atoms with Crippen LogP contribution in [-0.2, 0) is 6.54 Å². The molecule has 3 aromatic rings. The summed E-state index contributed by atoms with van der Waals surface area (Å²) in [4.78, 5) is 25.6. The van der Waals surface area contributed by atoms with E-state index in [-0.39, 0.29) is 16.0 Å². The van der Waals surface area contributed by atoms with Gasteiger partial charge in [-0.3, -0.25) is 9.59 Å². The van der Waals surface area contributed by atoms with Crippen molar-refractivity contribution in [1.29, 1.82) is 0 Å². The lowest BCUT2D eigenvalue weighted by Gasteiger charge is -2.22. The number of rotatable bonds is 2. The van der Waals surface area contributed by atoms with Gasteiger partial charge >= 0.3 is 0 Å². The third-order valence-electron chi connectivity index (χ3n) is 4.40. The molecule has 0 bridgehead atoms. The van der Waals surface area contributed by atoms with Crippen molar-refractivity contribution in [3.8, 4) is 5.75 Å². The van der Waals surface area contributed by atoms with Crippen molar-refractivity contribution in [3.63, 3.8) is 0 Å². The highest BCUT2D eigenvalue weighted by atomic mass is 35.5. The maximum atomic E-state index is 13.2. The van der Waals surface area contributed by atoms with Crippen LogP contribution in [0.4, 0.5) is 10.1 Å². The van der Waals surface area contributed by atoms with Crippen molar-refractivity contribution in [2.24, 2.45) is 0 Å². The average Bonchev–Trinajstić information content (AvgIpc) is 2.61. The van der Waals surface area contributed by atoms with Gasteiger partial charge in [-0.25, -0.2) is 4.39 Å². The third kappa shape index (κ3) is 2.63. The summed E-state index contributed by atoms with van der Waals surface area (Å²) < 4.78 is 20.6. The molecule has 26 heavy (non-hydrogen) atoms. The lowest BCUT2D eigenvalue weighted by atomic mass is 10.1. The summed E-state index contributed by atoms with van der Waals surface area (Å²) in [6.45, 7) is 2.61. The molecule has 0 aliphatic carbocycles. The minimum absolute atomic E-state index is 0.0258. The fourth-order valence-electron chi connectivity index (χ4n) is 3.13. The molecule has 0 fully saturated rings. The molecule has 132 valence electrons. The molecule has 1 amide bonds. The van der Waals surface area contributed by atoms with Crippen molar-refractivity contribution < 1.29 is 13.9 Å². The Balaban J connectivity index is 1.84. The first-order valence-corrected chi connectivity index (χ1v) is 8.39. The number of anilines is 1. The van der Waals surface area contributed by atoms with Crippen LogP contribution in [0, 0.1) is 12.7 Å². The third-order valence-corrected chi connectivity index (χ3v) is 4.72. The monoisotopic (exact) mass is 372 g/mol. The maximum absolute atomic E-state index is 13.2. The van der Waals surface area contributed by atoms with Crippen LogP contribution in [0.1, 0.15) is 15.9 Å². The number of ether oxygens (including phenoxy) is 1. The standard InChI is InChI=1S/C19H14ClFN2O3/c1-10-8-11(21)2-4-14(10)22-19(25)12-9-23-6-7-26-15-5-3-13(20)16(17(15)23)18(12)24/h2-5,8-9H,6-7H2,1H3,(H,22,25). The number of aromatic nitrogens is 1. The normalized spacial score (nSPS) is 12.7. The summed E-state index contributed by atoms with van der Waals surface area (Å²) in [5.41, 5.74) is 1.10. The zero-order chi connectivity index (χ0) is 18.4. The molecular formula is C19H14ClFN2O3. The Morgan fingerprint density at radius 2 is 2.12 bits per heavy atom. The van der Waals surface area contributed by atoms with Gasteiger partial charge in [0.05, 0.1) is 22.5 Å². The molecule has 0 spiro atoms. The Morgan fingerprint density at radius 3 is 2.88 bits per heavy atom. The van der Waals surface area contributed by atoms with Gasteiger partial charge in [-0.15, -0.1) is 0 Å². The number of hydrogen-bond donors (Lipinski definition) is 1. The largest absolute Gasteiger partial charge is 0.490 e. The number of halogens is 2. The van der Waals surface area contributed by atoms with Crippen molar-refractivity contribution in [2.45, 2.75) is 13.5 Å². The van der Waals surface area contributed by atoms with Crippen molar-refractivity contribution in [2.75, 3.05) is 11.9 Å². The summed E-state index contributed by atoms with van der Waals surface area (Å²) in [6, 6.07) is 7.32. The number of nitrogens with one attached hydrogen (secondary N) is 1. The Hall–Kier alpha value is -2.86. The molecule has 1 N–H and O–H groups in total. The number of hydrogen-bond acceptors (Lipinski definition) is 3. The number of carbonyl (C=O) groups is 1. The second-order valence-electron chi connectivity index (χ2n) is 6.10. The van der Waals surface area contributed by atoms with E-state index < -0.39 is 17.2 Å². The molecule has 7 heteroatoms. The Morgan fingerprint density at radius 1 is 1.31 bits per heavy atom. The van der Waals surface area contributed by atoms with Gasteiger partial charge in [-0.2, -0.15) is 0 Å².